The first kappa shape index (κ1) is 17.3. The van der Waals surface area contributed by atoms with E-state index in [1.165, 1.54) is 0 Å². The number of hydrogen-bond donors (Lipinski definition) is 1. The number of benzene rings is 1. The fourth-order valence-electron chi connectivity index (χ4n) is 3.41. The number of anilines is 1. The predicted molar refractivity (Wildman–Crippen MR) is 107 cm³/mol. The minimum absolute atomic E-state index is 0.106. The molecule has 1 aliphatic heterocycles. The lowest BCUT2D eigenvalue weighted by atomic mass is 10.2. The quantitative estimate of drug-likeness (QED) is 0.710. The van der Waals surface area contributed by atoms with E-state index in [2.05, 4.69) is 22.1 Å². The lowest BCUT2D eigenvalue weighted by molar-refractivity contribution is 0.573. The van der Waals surface area contributed by atoms with Crippen molar-refractivity contribution in [1.82, 2.24) is 24.4 Å². The summed E-state index contributed by atoms with van der Waals surface area (Å²) in [5.41, 5.74) is 1.77. The Labute approximate surface area is 157 Å². The van der Waals surface area contributed by atoms with Crippen LogP contribution in [0.3, 0.4) is 0 Å². The van der Waals surface area contributed by atoms with E-state index in [4.69, 9.17) is 9.97 Å². The second-order valence-corrected chi connectivity index (χ2v) is 6.50. The Morgan fingerprint density at radius 1 is 1.15 bits per heavy atom. The molecule has 138 valence electrons. The van der Waals surface area contributed by atoms with Crippen LogP contribution in [0, 0.1) is 11.8 Å². The second kappa shape index (κ2) is 7.25. The summed E-state index contributed by atoms with van der Waals surface area (Å²) in [5.74, 6) is 7.37. The van der Waals surface area contributed by atoms with E-state index in [1.54, 1.807) is 18.5 Å². The summed E-state index contributed by atoms with van der Waals surface area (Å²) in [6.45, 7) is 5.69. The van der Waals surface area contributed by atoms with Gasteiger partial charge >= 0.3 is 0 Å². The second-order valence-electron chi connectivity index (χ2n) is 6.50. The van der Waals surface area contributed by atoms with Crippen molar-refractivity contribution in [1.29, 1.82) is 0 Å². The number of nitrogens with one attached hydrogen (secondary N) is 1. The Morgan fingerprint density at radius 3 is 2.59 bits per heavy atom. The van der Waals surface area contributed by atoms with E-state index in [9.17, 15) is 4.79 Å². The van der Waals surface area contributed by atoms with Crippen LogP contribution in [0.15, 0.2) is 35.1 Å². The van der Waals surface area contributed by atoms with Gasteiger partial charge in [0.15, 0.2) is 11.2 Å². The smallest absolute Gasteiger partial charge is 0.279 e. The molecule has 4 rings (SSSR count). The number of hydrogen-bond acceptors (Lipinski definition) is 5. The average Bonchev–Trinajstić information content (AvgIpc) is 3.09. The monoisotopic (exact) mass is 362 g/mol. The molecule has 2 aromatic heterocycles. The zero-order chi connectivity index (χ0) is 18.8. The first-order valence-electron chi connectivity index (χ1n) is 9.08. The maximum absolute atomic E-state index is 13.2. The summed E-state index contributed by atoms with van der Waals surface area (Å²) < 4.78 is 3.50. The maximum atomic E-state index is 13.2. The molecule has 1 aromatic carbocycles. The molecule has 7 heteroatoms. The van der Waals surface area contributed by atoms with Crippen molar-refractivity contribution in [2.24, 2.45) is 7.05 Å². The molecule has 3 aromatic rings. The van der Waals surface area contributed by atoms with Crippen molar-refractivity contribution < 1.29 is 0 Å². The molecule has 3 heterocycles. The van der Waals surface area contributed by atoms with Gasteiger partial charge in [0, 0.05) is 38.8 Å². The van der Waals surface area contributed by atoms with Crippen LogP contribution in [0.4, 0.5) is 5.95 Å². The largest absolute Gasteiger partial charge is 0.340 e. The van der Waals surface area contributed by atoms with Gasteiger partial charge in [-0.1, -0.05) is 36.3 Å². The van der Waals surface area contributed by atoms with Crippen molar-refractivity contribution in [2.45, 2.75) is 13.5 Å². The van der Waals surface area contributed by atoms with Gasteiger partial charge in [-0.25, -0.2) is 4.98 Å². The lowest BCUT2D eigenvalue weighted by Gasteiger charge is -2.28. The minimum Gasteiger partial charge on any atom is -0.340 e. The molecule has 1 fully saturated rings. The zero-order valence-electron chi connectivity index (χ0n) is 15.6. The number of nitrogens with zero attached hydrogens (tertiary/aromatic N) is 5. The topological polar surface area (TPSA) is 68.0 Å². The molecule has 1 saturated heterocycles. The van der Waals surface area contributed by atoms with Crippen molar-refractivity contribution in [3.63, 3.8) is 0 Å². The fraction of sp³-hybridized carbons (Fsp3) is 0.350. The Kier molecular flexibility index (Phi) is 4.65. The molecular weight excluding hydrogens is 340 g/mol. The Hall–Kier alpha value is -3.11. The van der Waals surface area contributed by atoms with Crippen LogP contribution in [-0.2, 0) is 13.6 Å². The summed E-state index contributed by atoms with van der Waals surface area (Å²) in [6, 6.07) is 9.72. The summed E-state index contributed by atoms with van der Waals surface area (Å²) in [7, 11) is 1.75. The third-order valence-electron chi connectivity index (χ3n) is 4.81. The highest BCUT2D eigenvalue weighted by Gasteiger charge is 2.23. The molecule has 27 heavy (non-hydrogen) atoms. The molecule has 1 N–H and O–H groups in total. The molecule has 0 bridgehead atoms. The summed E-state index contributed by atoms with van der Waals surface area (Å²) in [5, 5.41) is 3.34. The zero-order valence-corrected chi connectivity index (χ0v) is 15.6. The number of fused-ring (bicyclic) bond motifs is 1. The van der Waals surface area contributed by atoms with Gasteiger partial charge in [0.25, 0.3) is 5.56 Å². The normalized spacial score (nSPS) is 14.2. The van der Waals surface area contributed by atoms with Crippen LogP contribution >= 0.6 is 0 Å². The predicted octanol–water partition coefficient (Wildman–Crippen LogP) is 1.23. The third-order valence-corrected chi connectivity index (χ3v) is 4.81. The molecule has 0 radical (unpaired) electrons. The maximum Gasteiger partial charge on any atom is 0.279 e. The number of rotatable bonds is 3. The van der Waals surface area contributed by atoms with Crippen molar-refractivity contribution in [3.8, 4) is 23.2 Å². The highest BCUT2D eigenvalue weighted by atomic mass is 16.1. The Morgan fingerprint density at radius 2 is 1.89 bits per heavy atom. The van der Waals surface area contributed by atoms with Crippen molar-refractivity contribution in [3.05, 3.63) is 40.7 Å². The van der Waals surface area contributed by atoms with Gasteiger partial charge in [-0.05, 0) is 6.92 Å². The standard InChI is InChI=1S/C20H22N6O/c1-3-4-12-26-16-17(23-20(26)25-13-10-21-11-14-25)22-18(24(2)19(16)27)15-8-6-5-7-9-15/h5-9,21H,10-14H2,1-2H3. The van der Waals surface area contributed by atoms with Crippen molar-refractivity contribution >= 4 is 17.1 Å². The van der Waals surface area contributed by atoms with Gasteiger partial charge in [0.05, 0.1) is 6.54 Å². The number of aromatic nitrogens is 4. The highest BCUT2D eigenvalue weighted by molar-refractivity contribution is 5.77. The van der Waals surface area contributed by atoms with Gasteiger partial charge in [-0.2, -0.15) is 4.98 Å². The minimum atomic E-state index is -0.106. The Bertz CT molecular complexity index is 1080. The van der Waals surface area contributed by atoms with Crippen LogP contribution < -0.4 is 15.8 Å². The molecule has 0 spiro atoms. The number of imidazole rings is 1. The third kappa shape index (κ3) is 3.09. The molecule has 0 unspecified atom stereocenters. The van der Waals surface area contributed by atoms with Crippen LogP contribution in [0.5, 0.6) is 0 Å². The summed E-state index contributed by atoms with van der Waals surface area (Å²) >= 11 is 0. The lowest BCUT2D eigenvalue weighted by Crippen LogP contribution is -2.44. The first-order valence-corrected chi connectivity index (χ1v) is 9.08. The van der Waals surface area contributed by atoms with Gasteiger partial charge < -0.3 is 10.2 Å². The van der Waals surface area contributed by atoms with Gasteiger partial charge in [-0.15, -0.1) is 5.92 Å². The van der Waals surface area contributed by atoms with Crippen molar-refractivity contribution in [2.75, 3.05) is 31.1 Å². The van der Waals surface area contributed by atoms with E-state index in [-0.39, 0.29) is 5.56 Å². The molecule has 0 amide bonds. The molecule has 1 aliphatic rings. The molecule has 0 aliphatic carbocycles. The first-order chi connectivity index (χ1) is 13.2. The Balaban J connectivity index is 1.94. The number of piperazine rings is 1. The van der Waals surface area contributed by atoms with Crippen LogP contribution in [-0.4, -0.2) is 45.3 Å². The molecule has 0 atom stereocenters. The SMILES string of the molecule is CC#CCn1c(N2CCNCC2)nc2nc(-c3ccccc3)n(C)c(=O)c21. The summed E-state index contributed by atoms with van der Waals surface area (Å²) in [4.78, 5) is 24.9. The van der Waals surface area contributed by atoms with Gasteiger partial charge in [0.2, 0.25) is 5.95 Å². The fourth-order valence-corrected chi connectivity index (χ4v) is 3.41. The average molecular weight is 362 g/mol. The molecular formula is C20H22N6O. The van der Waals surface area contributed by atoms with E-state index < -0.39 is 0 Å². The molecule has 0 saturated carbocycles. The van der Waals surface area contributed by atoms with E-state index in [0.29, 0.717) is 23.5 Å². The molecule has 7 nitrogen and oxygen atoms in total. The van der Waals surface area contributed by atoms with E-state index >= 15 is 0 Å². The highest BCUT2D eigenvalue weighted by Crippen LogP contribution is 2.22. The van der Waals surface area contributed by atoms with Gasteiger partial charge in [0.1, 0.15) is 5.82 Å². The van der Waals surface area contributed by atoms with Crippen LogP contribution in [0.25, 0.3) is 22.6 Å². The van der Waals surface area contributed by atoms with E-state index in [0.717, 1.165) is 37.7 Å². The van der Waals surface area contributed by atoms with Crippen LogP contribution in [0.2, 0.25) is 0 Å². The van der Waals surface area contributed by atoms with Crippen LogP contribution in [0.1, 0.15) is 6.92 Å². The van der Waals surface area contributed by atoms with Gasteiger partial charge in [-0.3, -0.25) is 13.9 Å². The summed E-state index contributed by atoms with van der Waals surface area (Å²) in [6.07, 6.45) is 0. The van der Waals surface area contributed by atoms with E-state index in [1.807, 2.05) is 34.9 Å².